The first-order valence-electron chi connectivity index (χ1n) is 8.67. The van der Waals surface area contributed by atoms with E-state index in [1.165, 1.54) is 0 Å². The van der Waals surface area contributed by atoms with Crippen LogP contribution in [-0.2, 0) is 15.0 Å². The van der Waals surface area contributed by atoms with Crippen molar-refractivity contribution < 1.29 is 14.3 Å². The van der Waals surface area contributed by atoms with Gasteiger partial charge in [0, 0.05) is 22.7 Å². The standard InChI is InChI=1S/C20H15ClN4O3/c1-28-13-5-3-12(4-6-13)25-18-15(10-22-25)20(9-17(26)24-18)14-8-11(21)2-7-16(14)23-19(20)27/h2-8,10H,9H2,1H3,(H,23,27)(H,24,26). The summed E-state index contributed by atoms with van der Waals surface area (Å²) in [7, 11) is 1.59. The molecule has 3 aromatic rings. The van der Waals surface area contributed by atoms with Gasteiger partial charge in [-0.15, -0.1) is 0 Å². The zero-order valence-electron chi connectivity index (χ0n) is 14.8. The van der Waals surface area contributed by atoms with E-state index in [4.69, 9.17) is 16.3 Å². The van der Waals surface area contributed by atoms with Crippen LogP contribution in [0.1, 0.15) is 17.5 Å². The SMILES string of the molecule is COc1ccc(-n2ncc3c2NC(=O)CC32C(=O)Nc3ccc(Cl)cc32)cc1. The molecule has 2 aliphatic rings. The Morgan fingerprint density at radius 3 is 2.64 bits per heavy atom. The second-order valence-corrected chi connectivity index (χ2v) is 7.23. The van der Waals surface area contributed by atoms with Gasteiger partial charge in [0.25, 0.3) is 0 Å². The predicted octanol–water partition coefficient (Wildman–Crippen LogP) is 3.11. The topological polar surface area (TPSA) is 85.2 Å². The lowest BCUT2D eigenvalue weighted by atomic mass is 9.72. The molecule has 2 aromatic carbocycles. The average molecular weight is 395 g/mol. The Morgan fingerprint density at radius 2 is 1.89 bits per heavy atom. The van der Waals surface area contributed by atoms with Gasteiger partial charge >= 0.3 is 0 Å². The van der Waals surface area contributed by atoms with Gasteiger partial charge in [0.05, 0.1) is 19.0 Å². The molecule has 0 saturated heterocycles. The fraction of sp³-hybridized carbons (Fsp3) is 0.150. The number of halogens is 1. The highest BCUT2D eigenvalue weighted by Crippen LogP contribution is 2.50. The number of hydrogen-bond donors (Lipinski definition) is 2. The molecule has 5 rings (SSSR count). The van der Waals surface area contributed by atoms with E-state index in [9.17, 15) is 9.59 Å². The van der Waals surface area contributed by atoms with Crippen molar-refractivity contribution in [2.24, 2.45) is 0 Å². The van der Waals surface area contributed by atoms with Crippen LogP contribution >= 0.6 is 11.6 Å². The lowest BCUT2D eigenvalue weighted by molar-refractivity contribution is -0.125. The molecule has 2 aliphatic heterocycles. The first-order valence-corrected chi connectivity index (χ1v) is 9.05. The van der Waals surface area contributed by atoms with E-state index in [2.05, 4.69) is 15.7 Å². The molecule has 1 spiro atoms. The van der Waals surface area contributed by atoms with Crippen LogP contribution in [-0.4, -0.2) is 28.7 Å². The van der Waals surface area contributed by atoms with Crippen LogP contribution in [0.4, 0.5) is 11.5 Å². The lowest BCUT2D eigenvalue weighted by Gasteiger charge is -2.31. The van der Waals surface area contributed by atoms with Crippen molar-refractivity contribution in [2.75, 3.05) is 17.7 Å². The van der Waals surface area contributed by atoms with Gasteiger partial charge in [-0.3, -0.25) is 9.59 Å². The summed E-state index contributed by atoms with van der Waals surface area (Å²) in [6.45, 7) is 0. The summed E-state index contributed by atoms with van der Waals surface area (Å²) in [4.78, 5) is 25.7. The number of carbonyl (C=O) groups is 2. The summed E-state index contributed by atoms with van der Waals surface area (Å²) in [6.07, 6.45) is 1.63. The van der Waals surface area contributed by atoms with Crippen LogP contribution in [0.2, 0.25) is 5.02 Å². The Kier molecular flexibility index (Phi) is 3.51. The Balaban J connectivity index is 1.72. The maximum absolute atomic E-state index is 13.1. The zero-order chi connectivity index (χ0) is 19.5. The van der Waals surface area contributed by atoms with E-state index in [-0.39, 0.29) is 18.2 Å². The van der Waals surface area contributed by atoms with Crippen molar-refractivity contribution in [3.63, 3.8) is 0 Å². The fourth-order valence-corrected chi connectivity index (χ4v) is 4.16. The molecule has 2 amide bonds. The smallest absolute Gasteiger partial charge is 0.240 e. The molecule has 140 valence electrons. The molecular weight excluding hydrogens is 380 g/mol. The number of aromatic nitrogens is 2. The van der Waals surface area contributed by atoms with Gasteiger partial charge in [0.15, 0.2) is 0 Å². The second-order valence-electron chi connectivity index (χ2n) is 6.79. The minimum absolute atomic E-state index is 0.00647. The van der Waals surface area contributed by atoms with Gasteiger partial charge in [-0.25, -0.2) is 4.68 Å². The quantitative estimate of drug-likeness (QED) is 0.699. The van der Waals surface area contributed by atoms with Gasteiger partial charge in [-0.05, 0) is 48.0 Å². The van der Waals surface area contributed by atoms with Crippen molar-refractivity contribution in [3.8, 4) is 11.4 Å². The monoisotopic (exact) mass is 394 g/mol. The molecule has 7 nitrogen and oxygen atoms in total. The molecule has 0 radical (unpaired) electrons. The van der Waals surface area contributed by atoms with Gasteiger partial charge in [-0.2, -0.15) is 5.10 Å². The highest BCUT2D eigenvalue weighted by atomic mass is 35.5. The Hall–Kier alpha value is -3.32. The summed E-state index contributed by atoms with van der Waals surface area (Å²) in [5.41, 5.74) is 1.58. The second kappa shape index (κ2) is 5.84. The molecule has 1 atom stereocenters. The van der Waals surface area contributed by atoms with Crippen LogP contribution in [0.25, 0.3) is 5.69 Å². The van der Waals surface area contributed by atoms with Crippen LogP contribution in [0, 0.1) is 0 Å². The molecule has 1 unspecified atom stereocenters. The van der Waals surface area contributed by atoms with E-state index in [0.717, 1.165) is 5.69 Å². The van der Waals surface area contributed by atoms with Gasteiger partial charge in [0.2, 0.25) is 11.8 Å². The van der Waals surface area contributed by atoms with Crippen molar-refractivity contribution in [3.05, 3.63) is 64.8 Å². The number of amides is 2. The van der Waals surface area contributed by atoms with Gasteiger partial charge in [-0.1, -0.05) is 11.6 Å². The van der Waals surface area contributed by atoms with E-state index < -0.39 is 5.41 Å². The van der Waals surface area contributed by atoms with Crippen molar-refractivity contribution in [2.45, 2.75) is 11.8 Å². The molecule has 3 heterocycles. The maximum Gasteiger partial charge on any atom is 0.240 e. The molecule has 0 bridgehead atoms. The summed E-state index contributed by atoms with van der Waals surface area (Å²) < 4.78 is 6.81. The predicted molar refractivity (Wildman–Crippen MR) is 104 cm³/mol. The normalized spacial score (nSPS) is 19.8. The van der Waals surface area contributed by atoms with E-state index in [1.807, 2.05) is 12.1 Å². The molecule has 0 fully saturated rings. The maximum atomic E-state index is 13.1. The minimum atomic E-state index is -1.15. The van der Waals surface area contributed by atoms with Crippen molar-refractivity contribution in [1.29, 1.82) is 0 Å². The number of benzene rings is 2. The fourth-order valence-electron chi connectivity index (χ4n) is 3.99. The first kappa shape index (κ1) is 16.8. The number of rotatable bonds is 2. The molecule has 0 saturated carbocycles. The minimum Gasteiger partial charge on any atom is -0.497 e. The van der Waals surface area contributed by atoms with E-state index in [0.29, 0.717) is 33.4 Å². The van der Waals surface area contributed by atoms with Crippen molar-refractivity contribution in [1.82, 2.24) is 9.78 Å². The first-order chi connectivity index (χ1) is 13.5. The number of fused-ring (bicyclic) bond motifs is 4. The van der Waals surface area contributed by atoms with Gasteiger partial charge < -0.3 is 15.4 Å². The molecule has 8 heteroatoms. The van der Waals surface area contributed by atoms with Crippen LogP contribution < -0.4 is 15.4 Å². The Morgan fingerprint density at radius 1 is 1.11 bits per heavy atom. The third-order valence-corrected chi connectivity index (χ3v) is 5.54. The van der Waals surface area contributed by atoms with Crippen LogP contribution in [0.5, 0.6) is 5.75 Å². The summed E-state index contributed by atoms with van der Waals surface area (Å²) in [6, 6.07) is 12.5. The third kappa shape index (κ3) is 2.20. The highest BCUT2D eigenvalue weighted by molar-refractivity contribution is 6.31. The highest BCUT2D eigenvalue weighted by Gasteiger charge is 2.54. The third-order valence-electron chi connectivity index (χ3n) is 5.31. The zero-order valence-corrected chi connectivity index (χ0v) is 15.6. The number of ether oxygens (including phenoxy) is 1. The number of carbonyl (C=O) groups excluding carboxylic acids is 2. The number of anilines is 2. The molecule has 0 aliphatic carbocycles. The molecule has 1 aromatic heterocycles. The molecule has 28 heavy (non-hydrogen) atoms. The average Bonchev–Trinajstić information content (AvgIpc) is 3.22. The lowest BCUT2D eigenvalue weighted by Crippen LogP contribution is -2.43. The number of hydrogen-bond acceptors (Lipinski definition) is 4. The van der Waals surface area contributed by atoms with Crippen LogP contribution in [0.3, 0.4) is 0 Å². The molecule has 2 N–H and O–H groups in total. The van der Waals surface area contributed by atoms with Gasteiger partial charge in [0.1, 0.15) is 17.0 Å². The number of nitrogens with one attached hydrogen (secondary N) is 2. The Labute approximate surface area is 165 Å². The number of nitrogens with zero attached hydrogens (tertiary/aromatic N) is 2. The summed E-state index contributed by atoms with van der Waals surface area (Å²) in [5.74, 6) is 0.675. The Bertz CT molecular complexity index is 1140. The summed E-state index contributed by atoms with van der Waals surface area (Å²) in [5, 5.41) is 10.7. The largest absolute Gasteiger partial charge is 0.497 e. The van der Waals surface area contributed by atoms with E-state index in [1.54, 1.807) is 48.3 Å². The molecular formula is C20H15ClN4O3. The van der Waals surface area contributed by atoms with Crippen LogP contribution in [0.15, 0.2) is 48.7 Å². The summed E-state index contributed by atoms with van der Waals surface area (Å²) >= 11 is 6.19. The van der Waals surface area contributed by atoms with Crippen molar-refractivity contribution >= 4 is 34.9 Å². The van der Waals surface area contributed by atoms with E-state index >= 15 is 0 Å². The number of methoxy groups -OCH3 is 1.